The van der Waals surface area contributed by atoms with Crippen molar-refractivity contribution >= 4 is 71.1 Å². The third kappa shape index (κ3) is 8.65. The molecular weight excluding hydrogens is 698 g/mol. The summed E-state index contributed by atoms with van der Waals surface area (Å²) in [6.45, 7) is 11.6. The van der Waals surface area contributed by atoms with Gasteiger partial charge < -0.3 is 14.7 Å². The SMILES string of the molecule is CC[Si](CC)(CC)OC(C)(C)CC[PH](c1ccccc1)(c1ccccc1)c1ccccc1.OB(O)Oc1cccc2ccc3cc4ccccc4cc3c12. The average Bonchev–Trinajstić information content (AvgIpc) is 3.21. The van der Waals surface area contributed by atoms with E-state index in [-0.39, 0.29) is 5.60 Å². The van der Waals surface area contributed by atoms with Crippen molar-refractivity contribution in [2.75, 3.05) is 6.16 Å². The number of rotatable bonds is 13. The van der Waals surface area contributed by atoms with Crippen LogP contribution >= 0.6 is 7.26 Å². The van der Waals surface area contributed by atoms with E-state index < -0.39 is 22.9 Å². The fourth-order valence-electron chi connectivity index (χ4n) is 8.17. The van der Waals surface area contributed by atoms with Crippen molar-refractivity contribution in [2.45, 2.75) is 64.8 Å². The molecule has 7 aromatic carbocycles. The van der Waals surface area contributed by atoms with Crippen LogP contribution in [0.2, 0.25) is 18.1 Å². The van der Waals surface area contributed by atoms with Gasteiger partial charge in [-0.3, -0.25) is 0 Å². The molecule has 0 aromatic heterocycles. The van der Waals surface area contributed by atoms with Crippen LogP contribution in [0, 0.1) is 0 Å². The number of hydrogen-bond acceptors (Lipinski definition) is 4. The Kier molecular flexibility index (Phi) is 12.7. The van der Waals surface area contributed by atoms with Crippen LogP contribution in [0.1, 0.15) is 41.0 Å². The summed E-state index contributed by atoms with van der Waals surface area (Å²) in [4.78, 5) is 0. The van der Waals surface area contributed by atoms with Crippen molar-refractivity contribution in [2.24, 2.45) is 0 Å². The summed E-state index contributed by atoms with van der Waals surface area (Å²) in [7, 11) is -5.71. The fraction of sp³-hybridized carbons (Fsp3) is 0.234. The molecule has 0 saturated carbocycles. The maximum atomic E-state index is 9.14. The predicted molar refractivity (Wildman–Crippen MR) is 238 cm³/mol. The van der Waals surface area contributed by atoms with Gasteiger partial charge in [0.15, 0.2) is 0 Å². The molecule has 0 aliphatic heterocycles. The third-order valence-electron chi connectivity index (χ3n) is 11.2. The van der Waals surface area contributed by atoms with Crippen molar-refractivity contribution in [3.8, 4) is 5.75 Å². The van der Waals surface area contributed by atoms with E-state index in [0.717, 1.165) is 39.5 Å². The van der Waals surface area contributed by atoms with Crippen LogP contribution < -0.4 is 20.6 Å². The molecule has 2 N–H and O–H groups in total. The minimum atomic E-state index is -2.20. The Balaban J connectivity index is 0.000000196. The number of benzene rings is 7. The normalized spacial score (nSPS) is 12.4. The minimum Gasteiger partial charge on any atom is -0.511 e. The molecule has 7 aromatic rings. The van der Waals surface area contributed by atoms with Crippen LogP contribution in [0.25, 0.3) is 32.3 Å². The van der Waals surface area contributed by atoms with Gasteiger partial charge in [0.1, 0.15) is 5.75 Å². The van der Waals surface area contributed by atoms with Gasteiger partial charge in [0.25, 0.3) is 0 Å². The smallest absolute Gasteiger partial charge is 0.511 e. The number of fused-ring (bicyclic) bond motifs is 4. The van der Waals surface area contributed by atoms with Crippen LogP contribution in [0.15, 0.2) is 158 Å². The first kappa shape index (κ1) is 39.4. The molecule has 0 fully saturated rings. The second-order valence-electron chi connectivity index (χ2n) is 14.9. The van der Waals surface area contributed by atoms with E-state index in [2.05, 4.69) is 156 Å². The molecule has 0 amide bonds. The van der Waals surface area contributed by atoms with E-state index >= 15 is 0 Å². The van der Waals surface area contributed by atoms with Crippen molar-refractivity contribution in [3.05, 3.63) is 158 Å². The molecule has 0 atom stereocenters. The van der Waals surface area contributed by atoms with Crippen LogP contribution in [-0.2, 0) is 4.43 Å². The molecule has 7 heteroatoms. The van der Waals surface area contributed by atoms with Crippen molar-refractivity contribution in [1.29, 1.82) is 0 Å². The molecule has 0 aliphatic rings. The standard InChI is InChI=1S/C29H41OPSi.C18H13BO3/c1-6-32(7-2,8-3)30-29(4,5)24-25-31(26-18-12-9-13-19-26,27-20-14-10-15-21-27)28-22-16-11-17-23-28;20-19(21)22-17-7-3-6-12-8-9-15-10-13-4-1-2-5-14(13)11-16(15)18(12)17/h9-23,31H,6-8,24-25H2,1-5H3;1-11,20-21H. The van der Waals surface area contributed by atoms with E-state index in [1.165, 1.54) is 39.4 Å². The first-order valence-corrected chi connectivity index (χ1v) is 24.1. The Morgan fingerprint density at radius 3 is 1.52 bits per heavy atom. The molecular formula is C47H54BO4PSi. The minimum absolute atomic E-state index is 0.120. The van der Waals surface area contributed by atoms with Gasteiger partial charge in [-0.05, 0) is 45.1 Å². The van der Waals surface area contributed by atoms with E-state index in [1.54, 1.807) is 6.07 Å². The summed E-state index contributed by atoms with van der Waals surface area (Å²) < 4.78 is 12.2. The summed E-state index contributed by atoms with van der Waals surface area (Å²) >= 11 is 0. The first-order chi connectivity index (χ1) is 26.1. The monoisotopic (exact) mass is 752 g/mol. The van der Waals surface area contributed by atoms with E-state index in [1.807, 2.05) is 30.3 Å². The quantitative estimate of drug-likeness (QED) is 0.0533. The first-order valence-electron chi connectivity index (χ1n) is 19.4. The number of hydrogen-bond donors (Lipinski definition) is 2. The Morgan fingerprint density at radius 1 is 0.556 bits per heavy atom. The Bertz CT molecular complexity index is 2160. The molecule has 4 nitrogen and oxygen atoms in total. The topological polar surface area (TPSA) is 58.9 Å². The second-order valence-corrected chi connectivity index (χ2v) is 23.6. The zero-order valence-electron chi connectivity index (χ0n) is 32.3. The Hall–Kier alpha value is -4.29. The molecule has 0 radical (unpaired) electrons. The van der Waals surface area contributed by atoms with Crippen LogP contribution in [-0.4, -0.2) is 37.4 Å². The Morgan fingerprint density at radius 2 is 1.02 bits per heavy atom. The molecule has 0 heterocycles. The maximum absolute atomic E-state index is 9.14. The zero-order chi connectivity index (χ0) is 38.2. The van der Waals surface area contributed by atoms with Gasteiger partial charge in [-0.2, -0.15) is 0 Å². The summed E-state index contributed by atoms with van der Waals surface area (Å²) in [5.41, 5.74) is -0.120. The van der Waals surface area contributed by atoms with Gasteiger partial charge in [0, 0.05) is 5.39 Å². The molecule has 0 unspecified atom stereocenters. The molecule has 0 saturated heterocycles. The summed E-state index contributed by atoms with van der Waals surface area (Å²) in [6.07, 6.45) is 2.20. The van der Waals surface area contributed by atoms with Crippen LogP contribution in [0.5, 0.6) is 5.75 Å². The molecule has 7 rings (SSSR count). The fourth-order valence-corrected chi connectivity index (χ4v) is 16.5. The van der Waals surface area contributed by atoms with E-state index in [0.29, 0.717) is 5.75 Å². The van der Waals surface area contributed by atoms with Crippen molar-refractivity contribution in [3.63, 3.8) is 0 Å². The van der Waals surface area contributed by atoms with Gasteiger partial charge in [-0.25, -0.2) is 0 Å². The largest absolute Gasteiger partial charge is 0.707 e. The molecule has 54 heavy (non-hydrogen) atoms. The van der Waals surface area contributed by atoms with Gasteiger partial charge in [0.05, 0.1) is 0 Å². The van der Waals surface area contributed by atoms with Gasteiger partial charge in [-0.15, -0.1) is 0 Å². The predicted octanol–water partition coefficient (Wildman–Crippen LogP) is 10.4. The Labute approximate surface area is 323 Å². The molecule has 278 valence electrons. The third-order valence-corrected chi connectivity index (χ3v) is 21.1. The van der Waals surface area contributed by atoms with Gasteiger partial charge >= 0.3 is 205 Å². The van der Waals surface area contributed by atoms with E-state index in [4.69, 9.17) is 19.1 Å². The summed E-state index contributed by atoms with van der Waals surface area (Å²) in [6, 6.07) is 59.4. The zero-order valence-corrected chi connectivity index (χ0v) is 34.3. The molecule has 0 aliphatic carbocycles. The van der Waals surface area contributed by atoms with Crippen LogP contribution in [0.4, 0.5) is 0 Å². The van der Waals surface area contributed by atoms with Crippen molar-refractivity contribution < 1.29 is 19.1 Å². The van der Waals surface area contributed by atoms with E-state index in [9.17, 15) is 0 Å². The summed E-state index contributed by atoms with van der Waals surface area (Å²) in [5.74, 6) is 0.466. The van der Waals surface area contributed by atoms with Gasteiger partial charge in [-0.1, -0.05) is 48.5 Å². The summed E-state index contributed by atoms with van der Waals surface area (Å²) in [5, 5.41) is 29.1. The maximum Gasteiger partial charge on any atom is 0.707 e. The molecule has 0 spiro atoms. The molecule has 0 bridgehead atoms. The average molecular weight is 753 g/mol. The van der Waals surface area contributed by atoms with Crippen LogP contribution in [0.3, 0.4) is 0 Å². The van der Waals surface area contributed by atoms with Gasteiger partial charge in [0.2, 0.25) is 0 Å². The second kappa shape index (κ2) is 17.5. The van der Waals surface area contributed by atoms with Crippen molar-refractivity contribution in [1.82, 2.24) is 0 Å².